The topological polar surface area (TPSA) is 388 Å². The largest absolute Gasteiger partial charge is 0.445 e. The molecule has 28 nitrogen and oxygen atoms in total. The van der Waals surface area contributed by atoms with E-state index >= 15 is 0 Å². The summed E-state index contributed by atoms with van der Waals surface area (Å²) in [6, 6.07) is 53.3. The number of carbonyl (C=O) groups is 3. The molecular weight excluding hydrogens is 1530 g/mol. The van der Waals surface area contributed by atoms with Crippen molar-refractivity contribution >= 4 is 132 Å². The number of pyridine rings is 1. The fourth-order valence-corrected chi connectivity index (χ4v) is 12.6. The monoisotopic (exact) mass is 1610 g/mol. The number of hydrogen-bond acceptors (Lipinski definition) is 21. The number of ether oxygens (including phenoxy) is 1. The zero-order valence-corrected chi connectivity index (χ0v) is 66.7. The van der Waals surface area contributed by atoms with E-state index in [-0.39, 0.29) is 30.5 Å². The summed E-state index contributed by atoms with van der Waals surface area (Å²) >= 11 is 24.1. The summed E-state index contributed by atoms with van der Waals surface area (Å²) in [6.45, 7) is 19.3. The number of hydrogen-bond donors (Lipinski definition) is 7. The van der Waals surface area contributed by atoms with Crippen molar-refractivity contribution in [3.8, 4) is 45.0 Å². The van der Waals surface area contributed by atoms with Gasteiger partial charge >= 0.3 is 6.09 Å². The van der Waals surface area contributed by atoms with E-state index in [2.05, 4.69) is 81.6 Å². The smallest absolute Gasteiger partial charge is 0.407 e. The lowest BCUT2D eigenvalue weighted by Crippen LogP contribution is -2.41. The molecule has 0 saturated carbocycles. The van der Waals surface area contributed by atoms with Crippen LogP contribution in [0.2, 0.25) is 20.1 Å². The van der Waals surface area contributed by atoms with Crippen LogP contribution in [0.1, 0.15) is 95.1 Å². The number of amides is 3. The minimum atomic E-state index is -0.629. The molecule has 114 heavy (non-hydrogen) atoms. The number of carbonyl (C=O) groups excluding carboxylic acids is 3. The number of halogens is 4. The molecule has 582 valence electrons. The van der Waals surface area contributed by atoms with E-state index < -0.39 is 22.7 Å². The van der Waals surface area contributed by atoms with E-state index in [1.165, 1.54) is 25.3 Å². The standard InChI is InChI=1S/C23H23ClN6O2.C22H21ClN6O.C21H20ClN7O.C16H18ClN5/c1-23(2,13-26-22(31)32-12-15-6-4-3-5-7-15)30-21-18(20(25)27-14-28-21)19(29-30)16-8-10-17(24)11-9-16;1-22(2,12-25-21(30)15-6-4-3-5-7-15)29-20-17(19(24)26-13-27-20)18(28-29)14-8-10-16(23)11-9-14;1-21(2,11-25-20(30)15-5-3-4-10-24-15)29-19-16(18(23)26-12-27-19)17(28-29)13-6-8-14(22)9-7-13;1-4-16(2,3)22-15-12(14(18)19-9-20-15)13(21-22)10-5-7-11(17)8-6-10/h3-11,14H,12-13H2,1-2H3,(H,26,31)(H2,25,27,28);3-11,13H,12H2,1-2H3,(H,25,30)(H2,24,26,27);3-10,12H,11H2,1-2H3,(H,25,30)(H2,23,26,27);5-9H,4H2,1-3H3,(H2,18,19,20). The Bertz CT molecular complexity index is 5710. The Morgan fingerprint density at radius 2 is 0.675 bits per heavy atom. The molecule has 15 aromatic rings. The number of nitrogens with two attached hydrogens (primary N) is 4. The number of rotatable bonds is 19. The molecule has 0 aliphatic carbocycles. The summed E-state index contributed by atoms with van der Waals surface area (Å²) in [6.07, 6.45) is 7.70. The average Bonchev–Trinajstić information content (AvgIpc) is 1.63. The van der Waals surface area contributed by atoms with Crippen LogP contribution in [0.4, 0.5) is 28.1 Å². The first-order chi connectivity index (χ1) is 54.5. The minimum absolute atomic E-state index is 0.146. The lowest BCUT2D eigenvalue weighted by molar-refractivity contribution is 0.0926. The second-order valence-electron chi connectivity index (χ2n) is 28.9. The molecule has 9 aromatic heterocycles. The summed E-state index contributed by atoms with van der Waals surface area (Å²) in [7, 11) is 0. The molecule has 32 heteroatoms. The molecule has 0 aliphatic rings. The molecule has 11 N–H and O–H groups in total. The molecular formula is C82H82Cl4N24O4. The van der Waals surface area contributed by atoms with Crippen LogP contribution in [0.5, 0.6) is 0 Å². The van der Waals surface area contributed by atoms with Crippen LogP contribution < -0.4 is 38.9 Å². The molecule has 0 aliphatic heterocycles. The number of benzene rings is 6. The van der Waals surface area contributed by atoms with Gasteiger partial charge in [-0.2, -0.15) is 20.4 Å². The molecule has 0 unspecified atom stereocenters. The van der Waals surface area contributed by atoms with Gasteiger partial charge in [-0.3, -0.25) is 14.6 Å². The molecule has 0 fully saturated rings. The number of anilines is 4. The van der Waals surface area contributed by atoms with Gasteiger partial charge in [0.2, 0.25) is 0 Å². The third kappa shape index (κ3) is 18.2. The van der Waals surface area contributed by atoms with E-state index in [4.69, 9.17) is 94.5 Å². The van der Waals surface area contributed by atoms with Crippen LogP contribution in [0, 0.1) is 0 Å². The molecule has 3 amide bonds. The Morgan fingerprint density at radius 3 is 1.00 bits per heavy atom. The van der Waals surface area contributed by atoms with Crippen LogP contribution in [-0.4, -0.2) is 122 Å². The highest BCUT2D eigenvalue weighted by molar-refractivity contribution is 6.31. The van der Waals surface area contributed by atoms with Gasteiger partial charge in [0.1, 0.15) is 83.7 Å². The highest BCUT2D eigenvalue weighted by Gasteiger charge is 2.33. The minimum Gasteiger partial charge on any atom is -0.445 e. The second kappa shape index (κ2) is 34.5. The summed E-state index contributed by atoms with van der Waals surface area (Å²) in [5.74, 6) is 1.05. The lowest BCUT2D eigenvalue weighted by atomic mass is 10.0. The van der Waals surface area contributed by atoms with Crippen LogP contribution in [0.25, 0.3) is 89.2 Å². The van der Waals surface area contributed by atoms with E-state index in [1.807, 2.05) is 155 Å². The Kier molecular flexibility index (Phi) is 24.4. The van der Waals surface area contributed by atoms with Crippen molar-refractivity contribution in [3.05, 3.63) is 244 Å². The van der Waals surface area contributed by atoms with Gasteiger partial charge in [0.05, 0.1) is 43.7 Å². The van der Waals surface area contributed by atoms with E-state index in [1.54, 1.807) is 87.0 Å². The molecule has 15 rings (SSSR count). The average molecular weight is 1610 g/mol. The zero-order chi connectivity index (χ0) is 81.2. The number of nitrogen functional groups attached to an aromatic ring is 4. The van der Waals surface area contributed by atoms with Crippen molar-refractivity contribution in [2.24, 2.45) is 0 Å². The Balaban J connectivity index is 0.000000142. The second-order valence-corrected chi connectivity index (χ2v) is 30.6. The highest BCUT2D eigenvalue weighted by atomic mass is 35.5. The number of alkyl carbamates (subject to hydrolysis) is 1. The molecule has 0 spiro atoms. The van der Waals surface area contributed by atoms with Crippen LogP contribution in [0.3, 0.4) is 0 Å². The van der Waals surface area contributed by atoms with Gasteiger partial charge in [0.15, 0.2) is 22.6 Å². The van der Waals surface area contributed by atoms with Crippen molar-refractivity contribution in [3.63, 3.8) is 0 Å². The normalized spacial score (nSPS) is 11.6. The van der Waals surface area contributed by atoms with Gasteiger partial charge in [-0.1, -0.05) is 156 Å². The van der Waals surface area contributed by atoms with Gasteiger partial charge in [-0.05, 0) is 140 Å². The third-order valence-corrected chi connectivity index (χ3v) is 19.8. The number of nitrogens with zero attached hydrogens (tertiary/aromatic N) is 17. The van der Waals surface area contributed by atoms with E-state index in [9.17, 15) is 14.4 Å². The molecule has 0 radical (unpaired) electrons. The van der Waals surface area contributed by atoms with Gasteiger partial charge in [-0.25, -0.2) is 63.4 Å². The molecule has 6 aromatic carbocycles. The predicted octanol–water partition coefficient (Wildman–Crippen LogP) is 15.4. The maximum Gasteiger partial charge on any atom is 0.407 e. The molecule has 9 heterocycles. The maximum atomic E-state index is 12.5. The van der Waals surface area contributed by atoms with Gasteiger partial charge < -0.3 is 43.6 Å². The summed E-state index contributed by atoms with van der Waals surface area (Å²) in [5.41, 5.74) is 33.3. The van der Waals surface area contributed by atoms with Crippen molar-refractivity contribution < 1.29 is 19.1 Å². The number of aromatic nitrogens is 17. The number of fused-ring (bicyclic) bond motifs is 4. The van der Waals surface area contributed by atoms with Gasteiger partial charge in [0.25, 0.3) is 11.8 Å². The fraction of sp³-hybridized carbons (Fsp3) is 0.220. The van der Waals surface area contributed by atoms with Crippen molar-refractivity contribution in [1.29, 1.82) is 0 Å². The highest BCUT2D eigenvalue weighted by Crippen LogP contribution is 2.39. The Hall–Kier alpha value is -12.8. The Labute approximate surface area is 676 Å². The number of nitrogens with one attached hydrogen (secondary N) is 3. The molecule has 0 atom stereocenters. The molecule has 0 bridgehead atoms. The summed E-state index contributed by atoms with van der Waals surface area (Å²) < 4.78 is 12.6. The SMILES string of the molecule is CC(C)(CNC(=O)OCc1ccccc1)n1nc(-c2ccc(Cl)cc2)c2c(N)ncnc21.CC(C)(CNC(=O)c1ccccc1)n1nc(-c2ccc(Cl)cc2)c2c(N)ncnc21.CC(C)(CNC(=O)c1ccccn1)n1nc(-c2ccc(Cl)cc2)c2c(N)ncnc21.CCC(C)(C)n1nc(-c2ccc(Cl)cc2)c2c(N)ncnc21. The quantitative estimate of drug-likeness (QED) is 0.0395. The Morgan fingerprint density at radius 1 is 0.368 bits per heavy atom. The van der Waals surface area contributed by atoms with Crippen molar-refractivity contribution in [2.75, 3.05) is 42.6 Å². The predicted molar refractivity (Wildman–Crippen MR) is 448 cm³/mol. The van der Waals surface area contributed by atoms with Gasteiger partial charge in [-0.15, -0.1) is 0 Å². The van der Waals surface area contributed by atoms with Crippen LogP contribution >= 0.6 is 46.4 Å². The first kappa shape index (κ1) is 80.7. The van der Waals surface area contributed by atoms with E-state index in [0.29, 0.717) is 118 Å². The van der Waals surface area contributed by atoms with E-state index in [0.717, 1.165) is 51.0 Å². The summed E-state index contributed by atoms with van der Waals surface area (Å²) in [5, 5.41) is 33.2. The van der Waals surface area contributed by atoms with Crippen LogP contribution in [0.15, 0.2) is 207 Å². The lowest BCUT2D eigenvalue weighted by Gasteiger charge is -2.26. The molecule has 0 saturated heterocycles. The third-order valence-electron chi connectivity index (χ3n) is 18.8. The first-order valence-corrected chi connectivity index (χ1v) is 37.5. The van der Waals surface area contributed by atoms with Crippen molar-refractivity contribution in [2.45, 2.75) is 97.5 Å². The fourth-order valence-electron chi connectivity index (χ4n) is 12.1. The zero-order valence-electron chi connectivity index (χ0n) is 63.7. The summed E-state index contributed by atoms with van der Waals surface area (Å²) in [4.78, 5) is 75.4. The first-order valence-electron chi connectivity index (χ1n) is 36.0. The maximum absolute atomic E-state index is 12.5. The van der Waals surface area contributed by atoms with Crippen molar-refractivity contribution in [1.82, 2.24) is 99.9 Å². The van der Waals surface area contributed by atoms with Crippen LogP contribution in [-0.2, 0) is 33.5 Å². The van der Waals surface area contributed by atoms with Gasteiger partial charge in [0, 0.05) is 73.7 Å².